The second kappa shape index (κ2) is 4.52. The molecular formula is C14H19FN2O. The predicted molar refractivity (Wildman–Crippen MR) is 72.7 cm³/mol. The fourth-order valence-corrected chi connectivity index (χ4v) is 2.20. The first-order valence-corrected chi connectivity index (χ1v) is 6.03. The van der Waals surface area contributed by atoms with E-state index >= 15 is 0 Å². The molecule has 18 heavy (non-hydrogen) atoms. The van der Waals surface area contributed by atoms with Gasteiger partial charge in [-0.15, -0.1) is 0 Å². The van der Waals surface area contributed by atoms with Crippen LogP contribution in [0.4, 0.5) is 15.8 Å². The van der Waals surface area contributed by atoms with E-state index in [2.05, 4.69) is 25.3 Å². The zero-order valence-corrected chi connectivity index (χ0v) is 11.3. The van der Waals surface area contributed by atoms with Gasteiger partial charge in [-0.3, -0.25) is 0 Å². The summed E-state index contributed by atoms with van der Waals surface area (Å²) in [6, 6.07) is 3.24. The molecule has 1 heterocycles. The lowest BCUT2D eigenvalue weighted by Crippen LogP contribution is -2.28. The Labute approximate surface area is 107 Å². The summed E-state index contributed by atoms with van der Waals surface area (Å²) in [5.74, 6) is 1.29. The van der Waals surface area contributed by atoms with Gasteiger partial charge in [0.1, 0.15) is 5.82 Å². The van der Waals surface area contributed by atoms with E-state index < -0.39 is 0 Å². The molecule has 0 amide bonds. The first kappa shape index (κ1) is 12.7. The third-order valence-corrected chi connectivity index (χ3v) is 3.15. The summed E-state index contributed by atoms with van der Waals surface area (Å²) < 4.78 is 18.8. The van der Waals surface area contributed by atoms with Gasteiger partial charge in [-0.05, 0) is 5.92 Å². The summed E-state index contributed by atoms with van der Waals surface area (Å²) in [5.41, 5.74) is 1.79. The van der Waals surface area contributed by atoms with Crippen molar-refractivity contribution in [1.82, 2.24) is 0 Å². The van der Waals surface area contributed by atoms with Crippen molar-refractivity contribution in [2.24, 2.45) is 5.92 Å². The highest BCUT2D eigenvalue weighted by Crippen LogP contribution is 2.43. The van der Waals surface area contributed by atoms with Crippen molar-refractivity contribution >= 4 is 11.4 Å². The number of nitrogens with zero attached hydrogens (tertiary/aromatic N) is 2. The number of fused-ring (bicyclic) bond motifs is 1. The van der Waals surface area contributed by atoms with Gasteiger partial charge in [-0.2, -0.15) is 0 Å². The molecule has 2 rings (SSSR count). The molecule has 0 aliphatic carbocycles. The predicted octanol–water partition coefficient (Wildman–Crippen LogP) is 3.22. The van der Waals surface area contributed by atoms with Crippen LogP contribution in [0.5, 0.6) is 5.75 Å². The summed E-state index contributed by atoms with van der Waals surface area (Å²) >= 11 is 0. The van der Waals surface area contributed by atoms with Gasteiger partial charge < -0.3 is 14.5 Å². The highest BCUT2D eigenvalue weighted by molar-refractivity contribution is 5.83. The molecule has 0 bridgehead atoms. The maximum atomic E-state index is 13.7. The first-order valence-electron chi connectivity index (χ1n) is 6.03. The van der Waals surface area contributed by atoms with Crippen molar-refractivity contribution in [3.63, 3.8) is 0 Å². The van der Waals surface area contributed by atoms with Gasteiger partial charge in [0.15, 0.2) is 11.6 Å². The third-order valence-electron chi connectivity index (χ3n) is 3.15. The van der Waals surface area contributed by atoms with Crippen molar-refractivity contribution in [3.05, 3.63) is 30.3 Å². The van der Waals surface area contributed by atoms with E-state index in [0.717, 1.165) is 23.7 Å². The van der Waals surface area contributed by atoms with Crippen LogP contribution in [-0.2, 0) is 0 Å². The highest BCUT2D eigenvalue weighted by atomic mass is 19.1. The monoisotopic (exact) mass is 250 g/mol. The van der Waals surface area contributed by atoms with Crippen LogP contribution in [0.25, 0.3) is 0 Å². The largest absolute Gasteiger partial charge is 0.494 e. The minimum absolute atomic E-state index is 0.269. The summed E-state index contributed by atoms with van der Waals surface area (Å²) in [6.45, 7) is 9.20. The van der Waals surface area contributed by atoms with Crippen molar-refractivity contribution in [2.75, 3.05) is 30.5 Å². The number of benzene rings is 1. The number of halogens is 1. The Hall–Kier alpha value is -1.71. The van der Waals surface area contributed by atoms with Crippen molar-refractivity contribution < 1.29 is 9.13 Å². The standard InChI is InChI=1S/C14H19FN2O/c1-9(2)8-17-10(3)16(4)12-6-11(15)14(18-5)7-13(12)17/h6-7,9H,3,8H2,1-2,4-5H3. The lowest BCUT2D eigenvalue weighted by molar-refractivity contribution is 0.387. The SMILES string of the molecule is C=C1N(C)c2cc(F)c(OC)cc2N1CC(C)C. The molecule has 0 saturated heterocycles. The van der Waals surface area contributed by atoms with Gasteiger partial charge in [0.05, 0.1) is 18.5 Å². The maximum absolute atomic E-state index is 13.7. The topological polar surface area (TPSA) is 15.7 Å². The Morgan fingerprint density at radius 1 is 1.33 bits per heavy atom. The van der Waals surface area contributed by atoms with Gasteiger partial charge >= 0.3 is 0 Å². The quantitative estimate of drug-likeness (QED) is 0.819. The number of hydrogen-bond acceptors (Lipinski definition) is 3. The van der Waals surface area contributed by atoms with Crippen molar-refractivity contribution in [2.45, 2.75) is 13.8 Å². The molecule has 0 unspecified atom stereocenters. The molecule has 0 atom stereocenters. The molecule has 1 aliphatic heterocycles. The van der Waals surface area contributed by atoms with E-state index in [1.54, 1.807) is 6.07 Å². The minimum Gasteiger partial charge on any atom is -0.494 e. The highest BCUT2D eigenvalue weighted by Gasteiger charge is 2.29. The fourth-order valence-electron chi connectivity index (χ4n) is 2.20. The van der Waals surface area contributed by atoms with Gasteiger partial charge in [0.25, 0.3) is 0 Å². The molecule has 1 aliphatic rings. The van der Waals surface area contributed by atoms with Crippen molar-refractivity contribution in [3.8, 4) is 5.75 Å². The number of methoxy groups -OCH3 is 1. The molecular weight excluding hydrogens is 231 g/mol. The summed E-state index contributed by atoms with van der Waals surface area (Å²) in [4.78, 5) is 4.00. The summed E-state index contributed by atoms with van der Waals surface area (Å²) in [7, 11) is 3.37. The van der Waals surface area contributed by atoms with Crippen LogP contribution < -0.4 is 14.5 Å². The molecule has 1 aromatic carbocycles. The van der Waals surface area contributed by atoms with E-state index in [4.69, 9.17) is 4.74 Å². The average Bonchev–Trinajstić information content (AvgIpc) is 2.53. The van der Waals surface area contributed by atoms with Crippen LogP contribution in [0.3, 0.4) is 0 Å². The van der Waals surface area contributed by atoms with Crippen LogP contribution >= 0.6 is 0 Å². The Morgan fingerprint density at radius 2 is 2.00 bits per heavy atom. The lowest BCUT2D eigenvalue weighted by Gasteiger charge is -2.23. The maximum Gasteiger partial charge on any atom is 0.167 e. The third kappa shape index (κ3) is 1.92. The Morgan fingerprint density at radius 3 is 2.56 bits per heavy atom. The molecule has 0 radical (unpaired) electrons. The fraction of sp³-hybridized carbons (Fsp3) is 0.429. The Bertz CT molecular complexity index is 485. The molecule has 0 N–H and O–H groups in total. The molecule has 0 aromatic heterocycles. The molecule has 0 fully saturated rings. The number of anilines is 2. The van der Waals surface area contributed by atoms with Gasteiger partial charge in [-0.25, -0.2) is 4.39 Å². The second-order valence-corrected chi connectivity index (χ2v) is 4.96. The van der Waals surface area contributed by atoms with E-state index in [1.165, 1.54) is 13.2 Å². The van der Waals surface area contributed by atoms with Crippen LogP contribution in [0.15, 0.2) is 24.5 Å². The van der Waals surface area contributed by atoms with Gasteiger partial charge in [-0.1, -0.05) is 20.4 Å². The Kier molecular flexibility index (Phi) is 3.20. The van der Waals surface area contributed by atoms with Crippen LogP contribution in [0.2, 0.25) is 0 Å². The number of ether oxygens (including phenoxy) is 1. The normalized spacial score (nSPS) is 14.4. The summed E-state index contributed by atoms with van der Waals surface area (Å²) in [6.07, 6.45) is 0. The van der Waals surface area contributed by atoms with Gasteiger partial charge in [0, 0.05) is 25.7 Å². The molecule has 4 heteroatoms. The molecule has 0 spiro atoms. The second-order valence-electron chi connectivity index (χ2n) is 4.96. The van der Waals surface area contributed by atoms with E-state index in [1.807, 2.05) is 11.9 Å². The number of rotatable bonds is 3. The average molecular weight is 250 g/mol. The molecule has 1 aromatic rings. The zero-order valence-electron chi connectivity index (χ0n) is 11.3. The lowest BCUT2D eigenvalue weighted by atomic mass is 10.2. The zero-order chi connectivity index (χ0) is 13.4. The van der Waals surface area contributed by atoms with E-state index in [-0.39, 0.29) is 11.6 Å². The first-order chi connectivity index (χ1) is 8.45. The Balaban J connectivity index is 2.49. The van der Waals surface area contributed by atoms with Crippen molar-refractivity contribution in [1.29, 1.82) is 0 Å². The van der Waals surface area contributed by atoms with Crippen LogP contribution in [-0.4, -0.2) is 20.7 Å². The van der Waals surface area contributed by atoms with Crippen LogP contribution in [0, 0.1) is 11.7 Å². The molecule has 0 saturated carbocycles. The molecule has 3 nitrogen and oxygen atoms in total. The minimum atomic E-state index is -0.345. The van der Waals surface area contributed by atoms with E-state index in [0.29, 0.717) is 5.92 Å². The van der Waals surface area contributed by atoms with Crippen LogP contribution in [0.1, 0.15) is 13.8 Å². The number of hydrogen-bond donors (Lipinski definition) is 0. The van der Waals surface area contributed by atoms with E-state index in [9.17, 15) is 4.39 Å². The smallest absolute Gasteiger partial charge is 0.167 e. The summed E-state index contributed by atoms with van der Waals surface area (Å²) in [5, 5.41) is 0. The van der Waals surface area contributed by atoms with Gasteiger partial charge in [0.2, 0.25) is 0 Å². The molecule has 98 valence electrons.